The first-order valence-corrected chi connectivity index (χ1v) is 4.65. The van der Waals surface area contributed by atoms with E-state index in [9.17, 15) is 9.59 Å². The number of carboxylic acid groups (broad SMARTS) is 1. The molecule has 0 radical (unpaired) electrons. The van der Waals surface area contributed by atoms with Crippen molar-refractivity contribution in [2.24, 2.45) is 5.73 Å². The summed E-state index contributed by atoms with van der Waals surface area (Å²) in [5.74, 6) is -1.95. The van der Waals surface area contributed by atoms with Gasteiger partial charge in [-0.05, 0) is 30.9 Å². The number of carbonyl (C=O) groups is 2. The molecule has 3 N–H and O–H groups in total. The fraction of sp³-hybridized carbons (Fsp3) is 0.300. The maximum Gasteiger partial charge on any atom is 0.338 e. The van der Waals surface area contributed by atoms with Crippen molar-refractivity contribution in [1.82, 2.24) is 4.98 Å². The monoisotopic (exact) mass is 206 g/mol. The molecule has 1 aliphatic rings. The second-order valence-electron chi connectivity index (χ2n) is 3.51. The van der Waals surface area contributed by atoms with Gasteiger partial charge in [0.2, 0.25) is 0 Å². The zero-order chi connectivity index (χ0) is 11.0. The van der Waals surface area contributed by atoms with Gasteiger partial charge in [-0.2, -0.15) is 0 Å². The maximum absolute atomic E-state index is 11.0. The van der Waals surface area contributed by atoms with E-state index in [1.54, 1.807) is 0 Å². The van der Waals surface area contributed by atoms with Gasteiger partial charge in [0.15, 0.2) is 0 Å². The molecular formula is C10H10N2O3. The number of pyridine rings is 1. The third kappa shape index (κ3) is 1.56. The van der Waals surface area contributed by atoms with Gasteiger partial charge >= 0.3 is 5.97 Å². The van der Waals surface area contributed by atoms with Gasteiger partial charge in [0.05, 0.1) is 5.56 Å². The van der Waals surface area contributed by atoms with E-state index < -0.39 is 11.9 Å². The lowest BCUT2D eigenvalue weighted by atomic mass is 10.1. The highest BCUT2D eigenvalue weighted by atomic mass is 16.4. The molecule has 0 aliphatic heterocycles. The lowest BCUT2D eigenvalue weighted by molar-refractivity contribution is 0.0691. The number of nitrogens with zero attached hydrogens (tertiary/aromatic N) is 1. The second-order valence-corrected chi connectivity index (χ2v) is 3.51. The average Bonchev–Trinajstić information content (AvgIpc) is 2.61. The summed E-state index contributed by atoms with van der Waals surface area (Å²) < 4.78 is 0. The molecule has 5 nitrogen and oxygen atoms in total. The molecule has 2 rings (SSSR count). The van der Waals surface area contributed by atoms with E-state index in [1.807, 2.05) is 0 Å². The Morgan fingerprint density at radius 1 is 1.40 bits per heavy atom. The first-order valence-electron chi connectivity index (χ1n) is 4.65. The molecule has 0 spiro atoms. The summed E-state index contributed by atoms with van der Waals surface area (Å²) in [5.41, 5.74) is 6.57. The molecule has 5 heteroatoms. The molecule has 0 bridgehead atoms. The standard InChI is InChI=1S/C10H10N2O3/c11-9(13)8-6(10(14)15)4-5-2-1-3-7(5)12-8/h4H,1-3H2,(H2,11,13)(H,14,15). The molecule has 0 unspecified atom stereocenters. The fourth-order valence-corrected chi connectivity index (χ4v) is 1.82. The van der Waals surface area contributed by atoms with E-state index in [-0.39, 0.29) is 11.3 Å². The van der Waals surface area contributed by atoms with Gasteiger partial charge in [0, 0.05) is 5.69 Å². The number of aryl methyl sites for hydroxylation is 2. The summed E-state index contributed by atoms with van der Waals surface area (Å²) in [7, 11) is 0. The Bertz CT molecular complexity index is 413. The number of primary amides is 1. The molecule has 78 valence electrons. The van der Waals surface area contributed by atoms with Gasteiger partial charge in [0.25, 0.3) is 5.91 Å². The van der Waals surface area contributed by atoms with Crippen LogP contribution in [-0.2, 0) is 12.8 Å². The van der Waals surface area contributed by atoms with Gasteiger partial charge in [-0.25, -0.2) is 9.78 Å². The van der Waals surface area contributed by atoms with Crippen molar-refractivity contribution < 1.29 is 14.7 Å². The number of carbonyl (C=O) groups excluding carboxylic acids is 1. The van der Waals surface area contributed by atoms with E-state index in [0.717, 1.165) is 30.5 Å². The molecule has 1 aromatic heterocycles. The van der Waals surface area contributed by atoms with Crippen molar-refractivity contribution in [3.63, 3.8) is 0 Å². The van der Waals surface area contributed by atoms with Crippen LogP contribution in [0.1, 0.15) is 38.5 Å². The number of fused-ring (bicyclic) bond motifs is 1. The lowest BCUT2D eigenvalue weighted by Crippen LogP contribution is -2.19. The van der Waals surface area contributed by atoms with Crippen molar-refractivity contribution >= 4 is 11.9 Å². The van der Waals surface area contributed by atoms with E-state index in [1.165, 1.54) is 6.07 Å². The number of nitrogens with two attached hydrogens (primary N) is 1. The molecule has 0 saturated carbocycles. The van der Waals surface area contributed by atoms with Crippen LogP contribution in [0.25, 0.3) is 0 Å². The predicted octanol–water partition coefficient (Wildman–Crippen LogP) is 0.367. The van der Waals surface area contributed by atoms with Gasteiger partial charge < -0.3 is 10.8 Å². The number of hydrogen-bond donors (Lipinski definition) is 2. The Hall–Kier alpha value is -1.91. The molecule has 1 aliphatic carbocycles. The minimum atomic E-state index is -1.16. The van der Waals surface area contributed by atoms with Crippen LogP contribution in [0.4, 0.5) is 0 Å². The number of aromatic nitrogens is 1. The Kier molecular flexibility index (Phi) is 2.15. The van der Waals surface area contributed by atoms with Crippen molar-refractivity contribution in [3.8, 4) is 0 Å². The minimum Gasteiger partial charge on any atom is -0.478 e. The molecule has 0 aromatic carbocycles. The Morgan fingerprint density at radius 2 is 2.13 bits per heavy atom. The van der Waals surface area contributed by atoms with Gasteiger partial charge in [-0.3, -0.25) is 4.79 Å². The summed E-state index contributed by atoms with van der Waals surface area (Å²) in [6.07, 6.45) is 2.56. The SMILES string of the molecule is NC(=O)c1nc2c(cc1C(=O)O)CCC2. The quantitative estimate of drug-likeness (QED) is 0.730. The molecule has 0 saturated heterocycles. The topological polar surface area (TPSA) is 93.3 Å². The summed E-state index contributed by atoms with van der Waals surface area (Å²) in [6.45, 7) is 0. The van der Waals surface area contributed by atoms with E-state index in [0.29, 0.717) is 0 Å². The molecule has 1 heterocycles. The Morgan fingerprint density at radius 3 is 2.73 bits per heavy atom. The smallest absolute Gasteiger partial charge is 0.338 e. The van der Waals surface area contributed by atoms with Crippen LogP contribution in [0, 0.1) is 0 Å². The largest absolute Gasteiger partial charge is 0.478 e. The van der Waals surface area contributed by atoms with Gasteiger partial charge in [-0.15, -0.1) is 0 Å². The van der Waals surface area contributed by atoms with E-state index in [4.69, 9.17) is 10.8 Å². The van der Waals surface area contributed by atoms with Crippen molar-refractivity contribution in [3.05, 3.63) is 28.6 Å². The molecule has 1 amide bonds. The molecular weight excluding hydrogens is 196 g/mol. The third-order valence-corrected chi connectivity index (χ3v) is 2.51. The maximum atomic E-state index is 11.0. The number of amides is 1. The summed E-state index contributed by atoms with van der Waals surface area (Å²) >= 11 is 0. The summed E-state index contributed by atoms with van der Waals surface area (Å²) in [6, 6.07) is 1.51. The number of aromatic carboxylic acids is 1. The molecule has 1 aromatic rings. The Balaban J connectivity index is 2.62. The highest BCUT2D eigenvalue weighted by Gasteiger charge is 2.22. The molecule has 0 fully saturated rings. The van der Waals surface area contributed by atoms with Gasteiger partial charge in [-0.1, -0.05) is 0 Å². The average molecular weight is 206 g/mol. The van der Waals surface area contributed by atoms with Crippen molar-refractivity contribution in [1.29, 1.82) is 0 Å². The number of rotatable bonds is 2. The van der Waals surface area contributed by atoms with E-state index >= 15 is 0 Å². The minimum absolute atomic E-state index is 0.0943. The molecule has 0 atom stereocenters. The van der Waals surface area contributed by atoms with Crippen LogP contribution in [0.15, 0.2) is 6.07 Å². The predicted molar refractivity (Wildman–Crippen MR) is 51.7 cm³/mol. The summed E-state index contributed by atoms with van der Waals surface area (Å²) in [4.78, 5) is 25.9. The first-order chi connectivity index (χ1) is 7.09. The zero-order valence-corrected chi connectivity index (χ0v) is 7.99. The number of carboxylic acids is 1. The Labute approximate surface area is 85.9 Å². The highest BCUT2D eigenvalue weighted by Crippen LogP contribution is 2.22. The van der Waals surface area contributed by atoms with Crippen LogP contribution in [-0.4, -0.2) is 22.0 Å². The normalized spacial score (nSPS) is 13.6. The van der Waals surface area contributed by atoms with Crippen LogP contribution < -0.4 is 5.73 Å². The van der Waals surface area contributed by atoms with Crippen LogP contribution >= 0.6 is 0 Å². The number of hydrogen-bond acceptors (Lipinski definition) is 3. The first kappa shape index (κ1) is 9.64. The van der Waals surface area contributed by atoms with Crippen molar-refractivity contribution in [2.45, 2.75) is 19.3 Å². The summed E-state index contributed by atoms with van der Waals surface area (Å²) in [5, 5.41) is 8.90. The van der Waals surface area contributed by atoms with Gasteiger partial charge in [0.1, 0.15) is 5.69 Å². The molecule has 15 heavy (non-hydrogen) atoms. The third-order valence-electron chi connectivity index (χ3n) is 2.51. The van der Waals surface area contributed by atoms with Crippen LogP contribution in [0.2, 0.25) is 0 Å². The second kappa shape index (κ2) is 3.34. The highest BCUT2D eigenvalue weighted by molar-refractivity contribution is 6.02. The zero-order valence-electron chi connectivity index (χ0n) is 7.99. The fourth-order valence-electron chi connectivity index (χ4n) is 1.82. The van der Waals surface area contributed by atoms with Crippen LogP contribution in [0.5, 0.6) is 0 Å². The van der Waals surface area contributed by atoms with Crippen LogP contribution in [0.3, 0.4) is 0 Å². The van der Waals surface area contributed by atoms with E-state index in [2.05, 4.69) is 4.98 Å². The lowest BCUT2D eigenvalue weighted by Gasteiger charge is -2.05. The van der Waals surface area contributed by atoms with Crippen molar-refractivity contribution in [2.75, 3.05) is 0 Å².